The number of alkyl halides is 1. The summed E-state index contributed by atoms with van der Waals surface area (Å²) in [5, 5.41) is 3.71. The summed E-state index contributed by atoms with van der Waals surface area (Å²) in [4.78, 5) is 12.2. The molecular weight excluding hydrogens is 310 g/mol. The monoisotopic (exact) mass is 329 g/mol. The molecular formula is C14H20BrNO3. The largest absolute Gasteiger partial charge is 0.493 e. The van der Waals surface area contributed by atoms with Crippen LogP contribution in [0.25, 0.3) is 0 Å². The summed E-state index contributed by atoms with van der Waals surface area (Å²) in [6, 6.07) is 5.23. The van der Waals surface area contributed by atoms with Gasteiger partial charge in [-0.15, -0.1) is 0 Å². The van der Waals surface area contributed by atoms with E-state index in [4.69, 9.17) is 9.47 Å². The minimum absolute atomic E-state index is 0.0978. The first-order chi connectivity index (χ1) is 9.03. The smallest absolute Gasteiger partial charge is 0.251 e. The van der Waals surface area contributed by atoms with E-state index in [2.05, 4.69) is 35.1 Å². The number of methoxy groups -OCH3 is 2. The van der Waals surface area contributed by atoms with Crippen LogP contribution in [0.3, 0.4) is 0 Å². The third-order valence-electron chi connectivity index (χ3n) is 2.93. The molecule has 1 unspecified atom stereocenters. The fourth-order valence-corrected chi connectivity index (χ4v) is 2.52. The molecule has 1 rings (SSSR count). The average Bonchev–Trinajstić information content (AvgIpc) is 2.43. The van der Waals surface area contributed by atoms with Crippen molar-refractivity contribution in [1.29, 1.82) is 0 Å². The predicted octanol–water partition coefficient (Wildman–Crippen LogP) is 2.85. The molecule has 0 saturated carbocycles. The fraction of sp³-hybridized carbons (Fsp3) is 0.500. The van der Waals surface area contributed by atoms with Crippen LogP contribution >= 0.6 is 15.9 Å². The van der Waals surface area contributed by atoms with Crippen molar-refractivity contribution >= 4 is 21.8 Å². The van der Waals surface area contributed by atoms with Gasteiger partial charge in [0, 0.05) is 16.9 Å². The number of carbonyl (C=O) groups is 1. The Bertz CT molecular complexity index is 435. The summed E-state index contributed by atoms with van der Waals surface area (Å²) in [5.74, 6) is 1.41. The highest BCUT2D eigenvalue weighted by molar-refractivity contribution is 9.09. The van der Waals surface area contributed by atoms with Gasteiger partial charge in [0.05, 0.1) is 14.2 Å². The Hall–Kier alpha value is -1.23. The molecule has 19 heavy (non-hydrogen) atoms. The maximum Gasteiger partial charge on any atom is 0.251 e. The van der Waals surface area contributed by atoms with Crippen molar-refractivity contribution in [2.45, 2.75) is 19.9 Å². The molecule has 0 aromatic heterocycles. The highest BCUT2D eigenvalue weighted by atomic mass is 79.9. The molecule has 0 saturated heterocycles. The van der Waals surface area contributed by atoms with Gasteiger partial charge < -0.3 is 14.8 Å². The number of hydrogen-bond donors (Lipinski definition) is 1. The van der Waals surface area contributed by atoms with E-state index in [1.165, 1.54) is 0 Å². The maximum absolute atomic E-state index is 12.2. The van der Waals surface area contributed by atoms with Gasteiger partial charge in [-0.3, -0.25) is 4.79 Å². The first-order valence-electron chi connectivity index (χ1n) is 6.12. The van der Waals surface area contributed by atoms with Crippen LogP contribution in [0.4, 0.5) is 0 Å². The Morgan fingerprint density at radius 2 is 1.89 bits per heavy atom. The number of carbonyl (C=O) groups excluding carboxylic acids is 1. The Labute approximate surface area is 122 Å². The lowest BCUT2D eigenvalue weighted by molar-refractivity contribution is 0.0931. The van der Waals surface area contributed by atoms with E-state index in [-0.39, 0.29) is 11.9 Å². The lowest BCUT2D eigenvalue weighted by Crippen LogP contribution is -2.39. The van der Waals surface area contributed by atoms with Crippen LogP contribution in [0.1, 0.15) is 24.2 Å². The molecule has 4 nitrogen and oxygen atoms in total. The number of halogens is 1. The second-order valence-electron chi connectivity index (χ2n) is 4.55. The van der Waals surface area contributed by atoms with Crippen molar-refractivity contribution in [1.82, 2.24) is 5.32 Å². The van der Waals surface area contributed by atoms with Crippen LogP contribution in [0.15, 0.2) is 18.2 Å². The number of ether oxygens (including phenoxy) is 2. The van der Waals surface area contributed by atoms with E-state index in [0.717, 1.165) is 5.33 Å². The Kier molecular flexibility index (Phi) is 6.15. The van der Waals surface area contributed by atoms with E-state index < -0.39 is 0 Å². The molecule has 0 radical (unpaired) electrons. The fourth-order valence-electron chi connectivity index (χ4n) is 1.61. The zero-order valence-corrected chi connectivity index (χ0v) is 13.3. The number of nitrogens with one attached hydrogen (secondary N) is 1. The van der Waals surface area contributed by atoms with Gasteiger partial charge in [-0.2, -0.15) is 0 Å². The van der Waals surface area contributed by atoms with Crippen LogP contribution < -0.4 is 14.8 Å². The first-order valence-corrected chi connectivity index (χ1v) is 7.24. The summed E-state index contributed by atoms with van der Waals surface area (Å²) >= 11 is 3.41. The van der Waals surface area contributed by atoms with Crippen LogP contribution in [0.2, 0.25) is 0 Å². The van der Waals surface area contributed by atoms with Gasteiger partial charge in [0.15, 0.2) is 11.5 Å². The van der Waals surface area contributed by atoms with Crippen molar-refractivity contribution < 1.29 is 14.3 Å². The molecule has 5 heteroatoms. The average molecular weight is 330 g/mol. The van der Waals surface area contributed by atoms with E-state index in [1.807, 2.05) is 0 Å². The molecule has 1 atom stereocenters. The van der Waals surface area contributed by atoms with Crippen molar-refractivity contribution in [3.63, 3.8) is 0 Å². The second kappa shape index (κ2) is 7.38. The van der Waals surface area contributed by atoms with Crippen LogP contribution in [-0.4, -0.2) is 31.5 Å². The Morgan fingerprint density at radius 3 is 2.37 bits per heavy atom. The maximum atomic E-state index is 12.2. The van der Waals surface area contributed by atoms with Crippen molar-refractivity contribution in [2.24, 2.45) is 5.92 Å². The molecule has 1 amide bonds. The molecule has 0 fully saturated rings. The minimum atomic E-state index is -0.112. The molecule has 0 aliphatic carbocycles. The zero-order valence-electron chi connectivity index (χ0n) is 11.7. The molecule has 106 valence electrons. The van der Waals surface area contributed by atoms with Gasteiger partial charge >= 0.3 is 0 Å². The Balaban J connectivity index is 2.88. The quantitative estimate of drug-likeness (QED) is 0.816. The van der Waals surface area contributed by atoms with E-state index in [0.29, 0.717) is 23.0 Å². The topological polar surface area (TPSA) is 47.6 Å². The van der Waals surface area contributed by atoms with E-state index in [1.54, 1.807) is 32.4 Å². The van der Waals surface area contributed by atoms with Crippen molar-refractivity contribution in [2.75, 3.05) is 19.5 Å². The van der Waals surface area contributed by atoms with Crippen molar-refractivity contribution in [3.05, 3.63) is 23.8 Å². The summed E-state index contributed by atoms with van der Waals surface area (Å²) < 4.78 is 10.3. The number of benzene rings is 1. The zero-order chi connectivity index (χ0) is 14.4. The van der Waals surface area contributed by atoms with Crippen LogP contribution in [0.5, 0.6) is 11.5 Å². The summed E-state index contributed by atoms with van der Waals surface area (Å²) in [6.45, 7) is 4.14. The van der Waals surface area contributed by atoms with Crippen LogP contribution in [-0.2, 0) is 0 Å². The van der Waals surface area contributed by atoms with Crippen molar-refractivity contribution in [3.8, 4) is 11.5 Å². The van der Waals surface area contributed by atoms with Gasteiger partial charge in [0.25, 0.3) is 5.91 Å². The third kappa shape index (κ3) is 4.13. The summed E-state index contributed by atoms with van der Waals surface area (Å²) in [7, 11) is 3.12. The van der Waals surface area contributed by atoms with Gasteiger partial charge in [-0.05, 0) is 24.1 Å². The molecule has 0 aliphatic rings. The van der Waals surface area contributed by atoms with Gasteiger partial charge in [0.2, 0.25) is 0 Å². The lowest BCUT2D eigenvalue weighted by atomic mass is 10.1. The molecule has 0 bridgehead atoms. The molecule has 0 aliphatic heterocycles. The Morgan fingerprint density at radius 1 is 1.26 bits per heavy atom. The molecule has 1 aromatic rings. The van der Waals surface area contributed by atoms with Gasteiger partial charge in [-0.25, -0.2) is 0 Å². The molecule has 1 N–H and O–H groups in total. The van der Waals surface area contributed by atoms with Crippen LogP contribution in [0, 0.1) is 5.92 Å². The third-order valence-corrected chi connectivity index (χ3v) is 3.63. The second-order valence-corrected chi connectivity index (χ2v) is 5.20. The van der Waals surface area contributed by atoms with E-state index >= 15 is 0 Å². The molecule has 0 spiro atoms. The predicted molar refractivity (Wildman–Crippen MR) is 79.4 cm³/mol. The van der Waals surface area contributed by atoms with E-state index in [9.17, 15) is 4.79 Å². The molecule has 1 aromatic carbocycles. The first kappa shape index (κ1) is 15.8. The number of rotatable bonds is 6. The highest BCUT2D eigenvalue weighted by Crippen LogP contribution is 2.27. The van der Waals surface area contributed by atoms with Gasteiger partial charge in [0.1, 0.15) is 0 Å². The number of hydrogen-bond acceptors (Lipinski definition) is 3. The van der Waals surface area contributed by atoms with Gasteiger partial charge in [-0.1, -0.05) is 29.8 Å². The number of amides is 1. The lowest BCUT2D eigenvalue weighted by Gasteiger charge is -2.20. The summed E-state index contributed by atoms with van der Waals surface area (Å²) in [6.07, 6.45) is 0. The normalized spacial score (nSPS) is 12.1. The SMILES string of the molecule is COc1ccc(C(=O)NC(CBr)C(C)C)cc1OC. The highest BCUT2D eigenvalue weighted by Gasteiger charge is 2.17. The molecule has 0 heterocycles. The standard InChI is InChI=1S/C14H20BrNO3/c1-9(2)11(8-15)16-14(17)10-5-6-12(18-3)13(7-10)19-4/h5-7,9,11H,8H2,1-4H3,(H,16,17). The summed E-state index contributed by atoms with van der Waals surface area (Å²) in [5.41, 5.74) is 0.559. The minimum Gasteiger partial charge on any atom is -0.493 e.